The number of hydrogen-bond acceptors (Lipinski definition) is 1. The maximum atomic E-state index is 4.21. The minimum absolute atomic E-state index is 0.750. The van der Waals surface area contributed by atoms with Gasteiger partial charge in [-0.05, 0) is 48.3 Å². The van der Waals surface area contributed by atoms with Gasteiger partial charge in [0.25, 0.3) is 0 Å². The summed E-state index contributed by atoms with van der Waals surface area (Å²) < 4.78 is 0. The summed E-state index contributed by atoms with van der Waals surface area (Å²) in [7, 11) is 0. The molecule has 13 heavy (non-hydrogen) atoms. The molecule has 1 saturated carbocycles. The summed E-state index contributed by atoms with van der Waals surface area (Å²) in [6.45, 7) is 4.55. The first-order valence-corrected chi connectivity index (χ1v) is 5.20. The van der Waals surface area contributed by atoms with Crippen molar-refractivity contribution < 1.29 is 0 Å². The molecule has 1 nitrogen and oxygen atoms in total. The van der Waals surface area contributed by atoms with E-state index in [4.69, 9.17) is 0 Å². The molecular formula is C12H17N. The number of rotatable bonds is 3. The topological polar surface area (TPSA) is 12.9 Å². The van der Waals surface area contributed by atoms with Gasteiger partial charge in [-0.2, -0.15) is 0 Å². The van der Waals surface area contributed by atoms with Crippen LogP contribution in [0.4, 0.5) is 0 Å². The van der Waals surface area contributed by atoms with E-state index >= 15 is 0 Å². The molecule has 0 radical (unpaired) electrons. The van der Waals surface area contributed by atoms with E-state index in [-0.39, 0.29) is 0 Å². The summed E-state index contributed by atoms with van der Waals surface area (Å²) in [5, 5.41) is 0. The van der Waals surface area contributed by atoms with Gasteiger partial charge in [0.15, 0.2) is 0 Å². The molecule has 1 aliphatic carbocycles. The summed E-state index contributed by atoms with van der Waals surface area (Å²) in [6.07, 6.45) is 7.93. The Bertz CT molecular complexity index is 287. The van der Waals surface area contributed by atoms with Crippen molar-refractivity contribution in [2.45, 2.75) is 39.0 Å². The fourth-order valence-electron chi connectivity index (χ4n) is 1.82. The van der Waals surface area contributed by atoms with Gasteiger partial charge in [-0.3, -0.25) is 4.98 Å². The summed E-state index contributed by atoms with van der Waals surface area (Å²) in [5.74, 6) is 1.59. The predicted molar refractivity (Wildman–Crippen MR) is 54.8 cm³/mol. The third-order valence-electron chi connectivity index (χ3n) is 2.59. The number of aromatic nitrogens is 1. The van der Waals surface area contributed by atoms with Gasteiger partial charge in [-0.25, -0.2) is 0 Å². The number of hydrogen-bond donors (Lipinski definition) is 0. The van der Waals surface area contributed by atoms with E-state index in [1.165, 1.54) is 30.4 Å². The van der Waals surface area contributed by atoms with E-state index in [0.29, 0.717) is 0 Å². The lowest BCUT2D eigenvalue weighted by atomic mass is 9.97. The molecule has 0 unspecified atom stereocenters. The molecule has 1 fully saturated rings. The van der Waals surface area contributed by atoms with Crippen LogP contribution >= 0.6 is 0 Å². The van der Waals surface area contributed by atoms with Crippen molar-refractivity contribution in [1.29, 1.82) is 0 Å². The van der Waals surface area contributed by atoms with Gasteiger partial charge in [0.2, 0.25) is 0 Å². The lowest BCUT2D eigenvalue weighted by molar-refractivity contribution is 0.642. The minimum Gasteiger partial charge on any atom is -0.264 e. The van der Waals surface area contributed by atoms with Gasteiger partial charge >= 0.3 is 0 Å². The molecule has 1 aromatic heterocycles. The number of nitrogens with zero attached hydrogens (tertiary/aromatic N) is 1. The van der Waals surface area contributed by atoms with E-state index in [0.717, 1.165) is 11.8 Å². The van der Waals surface area contributed by atoms with Gasteiger partial charge in [0, 0.05) is 12.4 Å². The van der Waals surface area contributed by atoms with Crippen LogP contribution in [-0.4, -0.2) is 4.98 Å². The van der Waals surface area contributed by atoms with E-state index in [1.54, 1.807) is 0 Å². The SMILES string of the molecule is CC(C)Cc1ccncc1C1CC1. The van der Waals surface area contributed by atoms with Crippen LogP contribution in [0, 0.1) is 5.92 Å². The number of pyridine rings is 1. The van der Waals surface area contributed by atoms with Crippen molar-refractivity contribution >= 4 is 0 Å². The third kappa shape index (κ3) is 2.09. The second-order valence-electron chi connectivity index (χ2n) is 4.45. The maximum Gasteiger partial charge on any atom is 0.0305 e. The van der Waals surface area contributed by atoms with Gasteiger partial charge in [0.1, 0.15) is 0 Å². The average Bonchev–Trinajstić information content (AvgIpc) is 2.87. The molecule has 0 amide bonds. The zero-order valence-electron chi connectivity index (χ0n) is 8.46. The standard InChI is InChI=1S/C12H17N/c1-9(2)7-11-5-6-13-8-12(11)10-3-4-10/h5-6,8-10H,3-4,7H2,1-2H3. The Morgan fingerprint density at radius 2 is 2.23 bits per heavy atom. The fraction of sp³-hybridized carbons (Fsp3) is 0.583. The zero-order valence-corrected chi connectivity index (χ0v) is 8.46. The van der Waals surface area contributed by atoms with Crippen LogP contribution in [0.5, 0.6) is 0 Å². The smallest absolute Gasteiger partial charge is 0.0305 e. The Balaban J connectivity index is 2.21. The highest BCUT2D eigenvalue weighted by atomic mass is 14.6. The van der Waals surface area contributed by atoms with Crippen molar-refractivity contribution in [1.82, 2.24) is 4.98 Å². The molecule has 1 heteroatoms. The van der Waals surface area contributed by atoms with Crippen molar-refractivity contribution in [3.8, 4) is 0 Å². The summed E-state index contributed by atoms with van der Waals surface area (Å²) in [5.41, 5.74) is 3.03. The highest BCUT2D eigenvalue weighted by molar-refractivity contribution is 5.30. The Morgan fingerprint density at radius 1 is 1.46 bits per heavy atom. The molecule has 1 aliphatic rings. The van der Waals surface area contributed by atoms with Crippen LogP contribution < -0.4 is 0 Å². The Kier molecular flexibility index (Phi) is 2.34. The first kappa shape index (κ1) is 8.74. The second kappa shape index (κ2) is 3.49. The lowest BCUT2D eigenvalue weighted by Gasteiger charge is -2.09. The molecular weight excluding hydrogens is 158 g/mol. The van der Waals surface area contributed by atoms with Crippen LogP contribution in [-0.2, 0) is 6.42 Å². The highest BCUT2D eigenvalue weighted by Crippen LogP contribution is 2.41. The summed E-state index contributed by atoms with van der Waals surface area (Å²) in [4.78, 5) is 4.21. The van der Waals surface area contributed by atoms with Gasteiger partial charge in [-0.1, -0.05) is 13.8 Å². The molecule has 70 valence electrons. The predicted octanol–water partition coefficient (Wildman–Crippen LogP) is 3.16. The van der Waals surface area contributed by atoms with E-state index < -0.39 is 0 Å². The minimum atomic E-state index is 0.750. The first-order chi connectivity index (χ1) is 6.27. The van der Waals surface area contributed by atoms with Crippen LogP contribution in [0.2, 0.25) is 0 Å². The molecule has 1 aromatic rings. The van der Waals surface area contributed by atoms with Gasteiger partial charge < -0.3 is 0 Å². The second-order valence-corrected chi connectivity index (χ2v) is 4.45. The van der Waals surface area contributed by atoms with Crippen LogP contribution in [0.1, 0.15) is 43.7 Å². The maximum absolute atomic E-state index is 4.21. The Hall–Kier alpha value is -0.850. The van der Waals surface area contributed by atoms with Gasteiger partial charge in [-0.15, -0.1) is 0 Å². The molecule has 0 saturated heterocycles. The fourth-order valence-corrected chi connectivity index (χ4v) is 1.82. The third-order valence-corrected chi connectivity index (χ3v) is 2.59. The zero-order chi connectivity index (χ0) is 9.26. The van der Waals surface area contributed by atoms with Crippen LogP contribution in [0.3, 0.4) is 0 Å². The molecule has 0 atom stereocenters. The van der Waals surface area contributed by atoms with E-state index in [2.05, 4.69) is 31.1 Å². The van der Waals surface area contributed by atoms with Crippen molar-refractivity contribution in [2.75, 3.05) is 0 Å². The highest BCUT2D eigenvalue weighted by Gasteiger charge is 2.25. The molecule has 1 heterocycles. The summed E-state index contributed by atoms with van der Waals surface area (Å²) in [6, 6.07) is 2.19. The van der Waals surface area contributed by atoms with E-state index in [9.17, 15) is 0 Å². The summed E-state index contributed by atoms with van der Waals surface area (Å²) >= 11 is 0. The Labute approximate surface area is 80.2 Å². The van der Waals surface area contributed by atoms with Crippen molar-refractivity contribution in [3.05, 3.63) is 29.6 Å². The monoisotopic (exact) mass is 175 g/mol. The quantitative estimate of drug-likeness (QED) is 0.687. The Morgan fingerprint density at radius 3 is 2.85 bits per heavy atom. The van der Waals surface area contributed by atoms with Crippen LogP contribution in [0.25, 0.3) is 0 Å². The largest absolute Gasteiger partial charge is 0.264 e. The van der Waals surface area contributed by atoms with Crippen molar-refractivity contribution in [3.63, 3.8) is 0 Å². The molecule has 0 bridgehead atoms. The van der Waals surface area contributed by atoms with Crippen LogP contribution in [0.15, 0.2) is 18.5 Å². The first-order valence-electron chi connectivity index (χ1n) is 5.20. The van der Waals surface area contributed by atoms with Crippen molar-refractivity contribution in [2.24, 2.45) is 5.92 Å². The normalized spacial score (nSPS) is 16.5. The molecule has 0 aromatic carbocycles. The lowest BCUT2D eigenvalue weighted by Crippen LogP contribution is -1.98. The molecule has 0 N–H and O–H groups in total. The molecule has 0 aliphatic heterocycles. The molecule has 2 rings (SSSR count). The van der Waals surface area contributed by atoms with Gasteiger partial charge in [0.05, 0.1) is 0 Å². The average molecular weight is 175 g/mol. The van der Waals surface area contributed by atoms with E-state index in [1.807, 2.05) is 6.20 Å². The molecule has 0 spiro atoms.